The molecular formula is C13H16Cl2N2S. The summed E-state index contributed by atoms with van der Waals surface area (Å²) in [5.74, 6) is 1.57. The third kappa shape index (κ3) is 2.95. The zero-order valence-corrected chi connectivity index (χ0v) is 13.0. The topological polar surface area (TPSA) is 24.4 Å². The van der Waals surface area contributed by atoms with Gasteiger partial charge in [-0.3, -0.25) is 4.99 Å². The predicted molar refractivity (Wildman–Crippen MR) is 83.3 cm³/mol. The first kappa shape index (κ1) is 14.0. The van der Waals surface area contributed by atoms with Gasteiger partial charge in [0, 0.05) is 5.75 Å². The summed E-state index contributed by atoms with van der Waals surface area (Å²) in [7, 11) is 0. The number of rotatable bonds is 2. The fraction of sp³-hybridized carbons (Fsp3) is 0.462. The molecule has 0 saturated carbocycles. The van der Waals surface area contributed by atoms with Crippen molar-refractivity contribution in [2.45, 2.75) is 26.8 Å². The van der Waals surface area contributed by atoms with Gasteiger partial charge >= 0.3 is 0 Å². The van der Waals surface area contributed by atoms with Crippen molar-refractivity contribution in [1.29, 1.82) is 0 Å². The van der Waals surface area contributed by atoms with Gasteiger partial charge in [-0.15, -0.1) is 0 Å². The van der Waals surface area contributed by atoms with Crippen LogP contribution in [0.2, 0.25) is 10.0 Å². The highest BCUT2D eigenvalue weighted by Gasteiger charge is 2.22. The Hall–Kier alpha value is -0.380. The van der Waals surface area contributed by atoms with E-state index < -0.39 is 0 Å². The molecule has 5 heteroatoms. The minimum atomic E-state index is 0.375. The van der Waals surface area contributed by atoms with Gasteiger partial charge in [-0.1, -0.05) is 54.9 Å². The lowest BCUT2D eigenvalue weighted by molar-refractivity contribution is 0.543. The number of aliphatic imine (C=N–C) groups is 1. The third-order valence-electron chi connectivity index (χ3n) is 2.96. The molecule has 0 unspecified atom stereocenters. The molecule has 0 amide bonds. The molecule has 1 atom stereocenters. The molecule has 2 nitrogen and oxygen atoms in total. The standard InChI is InChI=1S/C13H16Cl2N2S/c1-7(2)10-6-18-13(16-10)17-12-9(14)5-4-8(3)11(12)15/h4-5,7,10H,6H2,1-3H3,(H,16,17)/t10-/m1/s1. The molecule has 1 aliphatic heterocycles. The monoisotopic (exact) mass is 302 g/mol. The zero-order valence-electron chi connectivity index (χ0n) is 10.6. The van der Waals surface area contributed by atoms with Crippen molar-refractivity contribution in [1.82, 2.24) is 0 Å². The second kappa shape index (κ2) is 5.72. The molecule has 1 heterocycles. The molecule has 0 fully saturated rings. The SMILES string of the molecule is Cc1ccc(Cl)c(NC2=N[C@@H](C(C)C)CS2)c1Cl. The van der Waals surface area contributed by atoms with Crippen molar-refractivity contribution in [3.8, 4) is 0 Å². The molecule has 0 aliphatic carbocycles. The Morgan fingerprint density at radius 2 is 2.11 bits per heavy atom. The van der Waals surface area contributed by atoms with Crippen LogP contribution in [0.4, 0.5) is 5.69 Å². The first-order valence-electron chi connectivity index (χ1n) is 5.91. The Bertz CT molecular complexity index is 486. The second-order valence-electron chi connectivity index (χ2n) is 4.73. The van der Waals surface area contributed by atoms with E-state index in [-0.39, 0.29) is 0 Å². The Morgan fingerprint density at radius 3 is 2.72 bits per heavy atom. The van der Waals surface area contributed by atoms with Gasteiger partial charge in [0.15, 0.2) is 5.17 Å². The molecule has 1 aromatic rings. The molecular weight excluding hydrogens is 287 g/mol. The quantitative estimate of drug-likeness (QED) is 0.845. The molecule has 98 valence electrons. The molecule has 2 rings (SSSR count). The summed E-state index contributed by atoms with van der Waals surface area (Å²) in [4.78, 5) is 4.65. The number of benzene rings is 1. The largest absolute Gasteiger partial charge is 0.333 e. The second-order valence-corrected chi connectivity index (χ2v) is 6.53. The Morgan fingerprint density at radius 1 is 1.39 bits per heavy atom. The summed E-state index contributed by atoms with van der Waals surface area (Å²) < 4.78 is 0. The van der Waals surface area contributed by atoms with Gasteiger partial charge in [0.05, 0.1) is 21.8 Å². The maximum atomic E-state index is 6.26. The van der Waals surface area contributed by atoms with Crippen molar-refractivity contribution in [2.24, 2.45) is 10.9 Å². The van der Waals surface area contributed by atoms with Gasteiger partial charge in [-0.25, -0.2) is 0 Å². The smallest absolute Gasteiger partial charge is 0.161 e. The van der Waals surface area contributed by atoms with Crippen LogP contribution in [0.15, 0.2) is 17.1 Å². The maximum absolute atomic E-state index is 6.26. The highest BCUT2D eigenvalue weighted by atomic mass is 35.5. The predicted octanol–water partition coefficient (Wildman–Crippen LogP) is 4.84. The van der Waals surface area contributed by atoms with E-state index in [4.69, 9.17) is 23.2 Å². The number of amidine groups is 1. The van der Waals surface area contributed by atoms with E-state index in [2.05, 4.69) is 24.2 Å². The summed E-state index contributed by atoms with van der Waals surface area (Å²) in [6.45, 7) is 6.33. The van der Waals surface area contributed by atoms with Crippen LogP contribution in [-0.2, 0) is 0 Å². The molecule has 0 aromatic heterocycles. The molecule has 1 N–H and O–H groups in total. The molecule has 18 heavy (non-hydrogen) atoms. The van der Waals surface area contributed by atoms with Gasteiger partial charge in [0.2, 0.25) is 0 Å². The number of nitrogens with one attached hydrogen (secondary N) is 1. The minimum absolute atomic E-state index is 0.375. The van der Waals surface area contributed by atoms with Crippen LogP contribution in [0.25, 0.3) is 0 Å². The van der Waals surface area contributed by atoms with Gasteiger partial charge < -0.3 is 5.32 Å². The first-order chi connectivity index (χ1) is 8.49. The number of hydrogen-bond donors (Lipinski definition) is 1. The normalized spacial score (nSPS) is 19.2. The summed E-state index contributed by atoms with van der Waals surface area (Å²) in [5, 5.41) is 5.45. The number of aryl methyl sites for hydroxylation is 1. The molecule has 0 radical (unpaired) electrons. The zero-order chi connectivity index (χ0) is 13.3. The molecule has 0 spiro atoms. The number of anilines is 1. The van der Waals surface area contributed by atoms with E-state index in [0.717, 1.165) is 22.2 Å². The lowest BCUT2D eigenvalue weighted by Crippen LogP contribution is -2.12. The Balaban J connectivity index is 2.21. The van der Waals surface area contributed by atoms with Crippen molar-refractivity contribution < 1.29 is 0 Å². The maximum Gasteiger partial charge on any atom is 0.161 e. The van der Waals surface area contributed by atoms with Crippen LogP contribution in [0.5, 0.6) is 0 Å². The van der Waals surface area contributed by atoms with Gasteiger partial charge in [0.25, 0.3) is 0 Å². The van der Waals surface area contributed by atoms with Crippen LogP contribution in [0, 0.1) is 12.8 Å². The highest BCUT2D eigenvalue weighted by molar-refractivity contribution is 8.14. The van der Waals surface area contributed by atoms with Crippen LogP contribution in [-0.4, -0.2) is 17.0 Å². The molecule has 0 bridgehead atoms. The van der Waals surface area contributed by atoms with Crippen molar-refractivity contribution in [3.63, 3.8) is 0 Å². The first-order valence-corrected chi connectivity index (χ1v) is 7.65. The van der Waals surface area contributed by atoms with Gasteiger partial charge in [0.1, 0.15) is 0 Å². The van der Waals surface area contributed by atoms with Crippen LogP contribution < -0.4 is 5.32 Å². The number of halogens is 2. The average Bonchev–Trinajstić information content (AvgIpc) is 2.78. The summed E-state index contributed by atoms with van der Waals surface area (Å²) in [6.07, 6.45) is 0. The number of nitrogens with zero attached hydrogens (tertiary/aromatic N) is 1. The van der Waals surface area contributed by atoms with Crippen molar-refractivity contribution in [3.05, 3.63) is 27.7 Å². The molecule has 1 aliphatic rings. The summed E-state index contributed by atoms with van der Waals surface area (Å²) >= 11 is 14.2. The van der Waals surface area contributed by atoms with Crippen LogP contribution in [0.3, 0.4) is 0 Å². The fourth-order valence-electron chi connectivity index (χ4n) is 1.68. The van der Waals surface area contributed by atoms with Crippen LogP contribution >= 0.6 is 35.0 Å². The van der Waals surface area contributed by atoms with Crippen molar-refractivity contribution >= 4 is 45.8 Å². The lowest BCUT2D eigenvalue weighted by Gasteiger charge is -2.11. The van der Waals surface area contributed by atoms with E-state index in [1.54, 1.807) is 11.8 Å². The molecule has 1 aromatic carbocycles. The van der Waals surface area contributed by atoms with E-state index in [1.165, 1.54) is 0 Å². The van der Waals surface area contributed by atoms with Crippen molar-refractivity contribution in [2.75, 3.05) is 11.1 Å². The highest BCUT2D eigenvalue weighted by Crippen LogP contribution is 2.34. The third-order valence-corrected chi connectivity index (χ3v) is 4.75. The Kier molecular flexibility index (Phi) is 4.46. The number of hydrogen-bond acceptors (Lipinski definition) is 3. The van der Waals surface area contributed by atoms with Gasteiger partial charge in [-0.2, -0.15) is 0 Å². The molecule has 0 saturated heterocycles. The lowest BCUT2D eigenvalue weighted by atomic mass is 10.1. The number of thioether (sulfide) groups is 1. The summed E-state index contributed by atoms with van der Waals surface area (Å²) in [5.41, 5.74) is 1.77. The Labute approximate surface area is 122 Å². The average molecular weight is 303 g/mol. The minimum Gasteiger partial charge on any atom is -0.333 e. The summed E-state index contributed by atoms with van der Waals surface area (Å²) in [6, 6.07) is 4.14. The van der Waals surface area contributed by atoms with Crippen LogP contribution in [0.1, 0.15) is 19.4 Å². The van der Waals surface area contributed by atoms with E-state index in [0.29, 0.717) is 22.0 Å². The van der Waals surface area contributed by atoms with E-state index >= 15 is 0 Å². The van der Waals surface area contributed by atoms with Gasteiger partial charge in [-0.05, 0) is 24.5 Å². The van der Waals surface area contributed by atoms with E-state index in [9.17, 15) is 0 Å². The fourth-order valence-corrected chi connectivity index (χ4v) is 3.31. The van der Waals surface area contributed by atoms with E-state index in [1.807, 2.05) is 19.1 Å².